The Hall–Kier alpha value is -1.11. The molecule has 0 atom stereocenters. The highest BCUT2D eigenvalue weighted by atomic mass is 35.5. The Bertz CT molecular complexity index is 510. The number of thiazole rings is 1. The Kier molecular flexibility index (Phi) is 1.95. The molecule has 0 fully saturated rings. The summed E-state index contributed by atoms with van der Waals surface area (Å²) in [5, 5.41) is 10.3. The summed E-state index contributed by atoms with van der Waals surface area (Å²) in [5.41, 5.74) is 1.38. The summed E-state index contributed by atoms with van der Waals surface area (Å²) in [6.45, 7) is 1.92. The molecule has 0 spiro atoms. The van der Waals surface area contributed by atoms with Crippen LogP contribution in [0.25, 0.3) is 10.2 Å². The minimum absolute atomic E-state index is 0.499. The molecule has 4 heteroatoms. The summed E-state index contributed by atoms with van der Waals surface area (Å²) in [4.78, 5) is 4.27. The molecule has 0 amide bonds. The zero-order valence-corrected chi connectivity index (χ0v) is 8.41. The number of benzene rings is 1. The molecule has 13 heavy (non-hydrogen) atoms. The van der Waals surface area contributed by atoms with E-state index in [0.29, 0.717) is 10.6 Å². The van der Waals surface area contributed by atoms with Crippen LogP contribution in [0, 0.1) is 18.3 Å². The summed E-state index contributed by atoms with van der Waals surface area (Å²) in [6.07, 6.45) is 0. The molecule has 2 nitrogen and oxygen atoms in total. The highest BCUT2D eigenvalue weighted by Gasteiger charge is 2.08. The lowest BCUT2D eigenvalue weighted by molar-refractivity contribution is 1.35. The molecule has 0 aliphatic heterocycles. The van der Waals surface area contributed by atoms with Gasteiger partial charge in [0.15, 0.2) is 0 Å². The fourth-order valence-corrected chi connectivity index (χ4v) is 2.35. The number of aromatic nitrogens is 1. The number of halogens is 1. The van der Waals surface area contributed by atoms with Crippen LogP contribution in [-0.4, -0.2) is 4.98 Å². The molecule has 0 aliphatic carbocycles. The van der Waals surface area contributed by atoms with Gasteiger partial charge in [-0.15, -0.1) is 11.3 Å². The van der Waals surface area contributed by atoms with Crippen molar-refractivity contribution in [3.8, 4) is 6.07 Å². The molecular weight excluding hydrogens is 204 g/mol. The predicted octanol–water partition coefficient (Wildman–Crippen LogP) is 3.13. The molecule has 1 aromatic carbocycles. The quantitative estimate of drug-likeness (QED) is 0.667. The third kappa shape index (κ3) is 1.28. The lowest BCUT2D eigenvalue weighted by Crippen LogP contribution is -1.77. The molecule has 0 radical (unpaired) electrons. The Balaban J connectivity index is 2.93. The Morgan fingerprint density at radius 3 is 3.00 bits per heavy atom. The molecule has 1 aromatic heterocycles. The van der Waals surface area contributed by atoms with Crippen LogP contribution in [0.4, 0.5) is 0 Å². The van der Waals surface area contributed by atoms with Crippen molar-refractivity contribution in [1.82, 2.24) is 4.98 Å². The number of nitriles is 1. The second-order valence-corrected chi connectivity index (χ2v) is 4.23. The van der Waals surface area contributed by atoms with Crippen LogP contribution in [0.15, 0.2) is 12.1 Å². The second-order valence-electron chi connectivity index (χ2n) is 2.62. The molecule has 2 rings (SSSR count). The normalized spacial score (nSPS) is 10.2. The first-order valence-corrected chi connectivity index (χ1v) is 4.87. The maximum absolute atomic E-state index is 8.87. The van der Waals surface area contributed by atoms with Crippen LogP contribution in [-0.2, 0) is 0 Å². The fraction of sp³-hybridized carbons (Fsp3) is 0.111. The van der Waals surface area contributed by atoms with Gasteiger partial charge in [0.1, 0.15) is 6.07 Å². The molecule has 0 aliphatic rings. The van der Waals surface area contributed by atoms with Gasteiger partial charge in [-0.2, -0.15) is 5.26 Å². The highest BCUT2D eigenvalue weighted by Crippen LogP contribution is 2.29. The number of aryl methyl sites for hydroxylation is 1. The monoisotopic (exact) mass is 208 g/mol. The SMILES string of the molecule is Cc1nc2ccc(Cl)c(C#N)c2s1. The van der Waals surface area contributed by atoms with E-state index in [-0.39, 0.29) is 0 Å². The van der Waals surface area contributed by atoms with Gasteiger partial charge in [0, 0.05) is 0 Å². The maximum Gasteiger partial charge on any atom is 0.102 e. The zero-order valence-electron chi connectivity index (χ0n) is 6.84. The van der Waals surface area contributed by atoms with Crippen LogP contribution in [0.3, 0.4) is 0 Å². The van der Waals surface area contributed by atoms with Crippen molar-refractivity contribution in [2.75, 3.05) is 0 Å². The summed E-state index contributed by atoms with van der Waals surface area (Å²) in [5.74, 6) is 0. The van der Waals surface area contributed by atoms with Crippen LogP contribution in [0.5, 0.6) is 0 Å². The van der Waals surface area contributed by atoms with Crippen molar-refractivity contribution in [2.45, 2.75) is 6.92 Å². The van der Waals surface area contributed by atoms with E-state index in [9.17, 15) is 0 Å². The number of rotatable bonds is 0. The molecule has 0 N–H and O–H groups in total. The van der Waals surface area contributed by atoms with Crippen molar-refractivity contribution in [3.05, 3.63) is 27.7 Å². The summed E-state index contributed by atoms with van der Waals surface area (Å²) in [6, 6.07) is 5.64. The summed E-state index contributed by atoms with van der Waals surface area (Å²) >= 11 is 7.37. The highest BCUT2D eigenvalue weighted by molar-refractivity contribution is 7.18. The lowest BCUT2D eigenvalue weighted by Gasteiger charge is -1.93. The van der Waals surface area contributed by atoms with Crippen molar-refractivity contribution in [2.24, 2.45) is 0 Å². The largest absolute Gasteiger partial charge is 0.241 e. The van der Waals surface area contributed by atoms with E-state index in [1.165, 1.54) is 11.3 Å². The number of fused-ring (bicyclic) bond motifs is 1. The van der Waals surface area contributed by atoms with Crippen molar-refractivity contribution < 1.29 is 0 Å². The summed E-state index contributed by atoms with van der Waals surface area (Å²) < 4.78 is 0.882. The van der Waals surface area contributed by atoms with Gasteiger partial charge < -0.3 is 0 Å². The van der Waals surface area contributed by atoms with E-state index in [1.54, 1.807) is 6.07 Å². The smallest absolute Gasteiger partial charge is 0.102 e. The first-order valence-electron chi connectivity index (χ1n) is 3.68. The molecular formula is C9H5ClN2S. The second kappa shape index (κ2) is 2.99. The van der Waals surface area contributed by atoms with E-state index in [1.807, 2.05) is 13.0 Å². The van der Waals surface area contributed by atoms with Gasteiger partial charge in [-0.05, 0) is 19.1 Å². The van der Waals surface area contributed by atoms with Gasteiger partial charge in [0.05, 0.1) is 25.8 Å². The third-order valence-corrected chi connectivity index (χ3v) is 3.04. The van der Waals surface area contributed by atoms with Gasteiger partial charge >= 0.3 is 0 Å². The third-order valence-electron chi connectivity index (χ3n) is 1.73. The van der Waals surface area contributed by atoms with Crippen LogP contribution in [0.2, 0.25) is 5.02 Å². The van der Waals surface area contributed by atoms with Crippen LogP contribution in [0.1, 0.15) is 10.6 Å². The topological polar surface area (TPSA) is 36.7 Å². The molecule has 64 valence electrons. The van der Waals surface area contributed by atoms with Gasteiger partial charge in [0.2, 0.25) is 0 Å². The predicted molar refractivity (Wildman–Crippen MR) is 54.1 cm³/mol. The molecule has 2 aromatic rings. The molecule has 1 heterocycles. The summed E-state index contributed by atoms with van der Waals surface area (Å²) in [7, 11) is 0. The molecule has 0 saturated heterocycles. The minimum atomic E-state index is 0.499. The van der Waals surface area contributed by atoms with E-state index in [4.69, 9.17) is 16.9 Å². The van der Waals surface area contributed by atoms with Gasteiger partial charge in [-0.3, -0.25) is 0 Å². The molecule has 0 saturated carbocycles. The maximum atomic E-state index is 8.87. The van der Waals surface area contributed by atoms with Crippen molar-refractivity contribution in [3.63, 3.8) is 0 Å². The molecule has 0 bridgehead atoms. The number of hydrogen-bond donors (Lipinski definition) is 0. The Morgan fingerprint density at radius 2 is 2.31 bits per heavy atom. The van der Waals surface area contributed by atoms with E-state index < -0.39 is 0 Å². The lowest BCUT2D eigenvalue weighted by atomic mass is 10.2. The van der Waals surface area contributed by atoms with Gasteiger partial charge in [-0.25, -0.2) is 4.98 Å². The number of nitrogens with zero attached hydrogens (tertiary/aromatic N) is 2. The Labute approximate surface area is 84.4 Å². The van der Waals surface area contributed by atoms with E-state index >= 15 is 0 Å². The minimum Gasteiger partial charge on any atom is -0.241 e. The van der Waals surface area contributed by atoms with Crippen LogP contribution < -0.4 is 0 Å². The van der Waals surface area contributed by atoms with Gasteiger partial charge in [-0.1, -0.05) is 11.6 Å². The Morgan fingerprint density at radius 1 is 1.54 bits per heavy atom. The average molecular weight is 209 g/mol. The van der Waals surface area contributed by atoms with E-state index in [2.05, 4.69) is 11.1 Å². The first-order chi connectivity index (χ1) is 6.22. The average Bonchev–Trinajstić information content (AvgIpc) is 2.45. The number of hydrogen-bond acceptors (Lipinski definition) is 3. The van der Waals surface area contributed by atoms with Crippen molar-refractivity contribution in [1.29, 1.82) is 5.26 Å². The first kappa shape index (κ1) is 8.49. The standard InChI is InChI=1S/C9H5ClN2S/c1-5-12-8-3-2-7(10)6(4-11)9(8)13-5/h2-3H,1H3. The molecule has 0 unspecified atom stereocenters. The van der Waals surface area contributed by atoms with E-state index in [0.717, 1.165) is 15.2 Å². The zero-order chi connectivity index (χ0) is 9.42. The fourth-order valence-electron chi connectivity index (χ4n) is 1.18. The van der Waals surface area contributed by atoms with Crippen molar-refractivity contribution >= 4 is 33.2 Å². The van der Waals surface area contributed by atoms with Crippen LogP contribution >= 0.6 is 22.9 Å². The van der Waals surface area contributed by atoms with Gasteiger partial charge in [0.25, 0.3) is 0 Å².